The topological polar surface area (TPSA) is 68.3 Å². The van der Waals surface area contributed by atoms with Gasteiger partial charge < -0.3 is 0 Å². The summed E-state index contributed by atoms with van der Waals surface area (Å²) in [7, 11) is 0. The van der Waals surface area contributed by atoms with Crippen LogP contribution in [0.4, 0.5) is 0 Å². The number of Topliss-reactive ketones (excluding diaryl/α,β-unsaturated/α-hetero) is 4. The van der Waals surface area contributed by atoms with Gasteiger partial charge in [0.05, 0.1) is 0 Å². The summed E-state index contributed by atoms with van der Waals surface area (Å²) in [6, 6.07) is 26.0. The summed E-state index contributed by atoms with van der Waals surface area (Å²) < 4.78 is 0. The van der Waals surface area contributed by atoms with Crippen LogP contribution in [0.3, 0.4) is 0 Å². The summed E-state index contributed by atoms with van der Waals surface area (Å²) in [5, 5.41) is 0.711. The van der Waals surface area contributed by atoms with Crippen LogP contribution in [0.1, 0.15) is 52.6 Å². The first kappa shape index (κ1) is 24.0. The van der Waals surface area contributed by atoms with Crippen LogP contribution in [0.5, 0.6) is 0 Å². The number of rotatable bonds is 3. The van der Waals surface area contributed by atoms with Crippen LogP contribution in [0.25, 0.3) is 11.1 Å². The van der Waals surface area contributed by atoms with E-state index in [1.807, 2.05) is 0 Å². The molecule has 0 radical (unpaired) electrons. The Labute approximate surface area is 227 Å². The van der Waals surface area contributed by atoms with Crippen molar-refractivity contribution in [2.24, 2.45) is 0 Å². The van der Waals surface area contributed by atoms with Gasteiger partial charge >= 0.3 is 0 Å². The molecule has 6 heteroatoms. The maximum atomic E-state index is 14.2. The molecule has 4 aromatic carbocycles. The number of benzene rings is 4. The van der Waals surface area contributed by atoms with Crippen molar-refractivity contribution in [3.8, 4) is 0 Å². The first-order valence-electron chi connectivity index (χ1n) is 11.7. The monoisotopic (exact) mass is 534 g/mol. The molecule has 4 aromatic rings. The van der Waals surface area contributed by atoms with Crippen LogP contribution in [-0.4, -0.2) is 23.1 Å². The van der Waals surface area contributed by atoms with Gasteiger partial charge in [-0.15, -0.1) is 0 Å². The van der Waals surface area contributed by atoms with E-state index in [9.17, 15) is 19.2 Å². The van der Waals surface area contributed by atoms with Crippen molar-refractivity contribution in [2.75, 3.05) is 0 Å². The fraction of sp³-hybridized carbons (Fsp3) is 0. The van der Waals surface area contributed by atoms with E-state index in [0.29, 0.717) is 21.2 Å². The van der Waals surface area contributed by atoms with Crippen LogP contribution in [0.2, 0.25) is 10.0 Å². The highest BCUT2D eigenvalue weighted by Gasteiger charge is 2.42. The van der Waals surface area contributed by atoms with E-state index in [0.717, 1.165) is 0 Å². The lowest BCUT2D eigenvalue weighted by Crippen LogP contribution is -2.29. The lowest BCUT2D eigenvalue weighted by atomic mass is 9.72. The average Bonchev–Trinajstić information content (AvgIpc) is 2.92. The van der Waals surface area contributed by atoms with Gasteiger partial charge in [-0.05, 0) is 35.4 Å². The van der Waals surface area contributed by atoms with E-state index in [1.165, 1.54) is 0 Å². The molecule has 0 N–H and O–H groups in total. The van der Waals surface area contributed by atoms with E-state index in [4.69, 9.17) is 23.2 Å². The zero-order chi connectivity index (χ0) is 26.6. The van der Waals surface area contributed by atoms with Gasteiger partial charge in [0.15, 0.2) is 23.1 Å². The highest BCUT2D eigenvalue weighted by Crippen LogP contribution is 2.43. The van der Waals surface area contributed by atoms with E-state index in [2.05, 4.69) is 0 Å². The summed E-state index contributed by atoms with van der Waals surface area (Å²) in [6.45, 7) is 0. The number of hydrogen-bond donors (Lipinski definition) is 0. The zero-order valence-corrected chi connectivity index (χ0v) is 21.1. The van der Waals surface area contributed by atoms with Crippen LogP contribution in [0.15, 0.2) is 108 Å². The van der Waals surface area contributed by atoms with Crippen molar-refractivity contribution in [2.45, 2.75) is 0 Å². The molecule has 0 atom stereocenters. The Balaban J connectivity index is 1.78. The predicted octanol–water partition coefficient (Wildman–Crippen LogP) is 7.36. The molecule has 4 nitrogen and oxygen atoms in total. The Morgan fingerprint density at radius 2 is 0.684 bits per heavy atom. The van der Waals surface area contributed by atoms with Gasteiger partial charge in [-0.2, -0.15) is 0 Å². The predicted molar refractivity (Wildman–Crippen MR) is 147 cm³/mol. The van der Waals surface area contributed by atoms with Crippen molar-refractivity contribution in [3.05, 3.63) is 152 Å². The van der Waals surface area contributed by atoms with Gasteiger partial charge in [-0.1, -0.05) is 96.0 Å². The molecule has 182 valence electrons. The summed E-state index contributed by atoms with van der Waals surface area (Å²) >= 11 is 12.6. The van der Waals surface area contributed by atoms with Crippen molar-refractivity contribution in [1.82, 2.24) is 0 Å². The summed E-state index contributed by atoms with van der Waals surface area (Å²) in [5.74, 6) is -1.92. The van der Waals surface area contributed by atoms with Crippen LogP contribution < -0.4 is 0 Å². The van der Waals surface area contributed by atoms with Crippen LogP contribution >= 0.6 is 23.2 Å². The Kier molecular flexibility index (Phi) is 5.79. The largest absolute Gasteiger partial charge is 0.289 e. The molecular formula is C32H16Cl2O4. The lowest BCUT2D eigenvalue weighted by Gasteiger charge is -2.27. The standard InChI is InChI=1S/C32H16Cl2O4/c33-19-9-5-7-17(15-19)25-27(31(37)23-13-3-1-11-21(23)29(25)35)28-26(18-8-6-10-20(34)16-18)30(36)22-12-2-4-14-24(22)32(28)38/h1-16H. The first-order valence-corrected chi connectivity index (χ1v) is 12.5. The lowest BCUT2D eigenvalue weighted by molar-refractivity contribution is 0.0969. The Morgan fingerprint density at radius 3 is 1.00 bits per heavy atom. The highest BCUT2D eigenvalue weighted by molar-refractivity contribution is 6.49. The normalized spacial score (nSPS) is 15.1. The molecule has 0 aliphatic heterocycles. The van der Waals surface area contributed by atoms with E-state index in [1.54, 1.807) is 97.1 Å². The van der Waals surface area contributed by atoms with Crippen molar-refractivity contribution >= 4 is 57.5 Å². The minimum atomic E-state index is -0.523. The van der Waals surface area contributed by atoms with Gasteiger partial charge in [0, 0.05) is 54.6 Å². The van der Waals surface area contributed by atoms with Crippen LogP contribution in [-0.2, 0) is 0 Å². The fourth-order valence-electron chi connectivity index (χ4n) is 5.07. The Hall–Kier alpha value is -4.38. The molecule has 0 bridgehead atoms. The second-order valence-electron chi connectivity index (χ2n) is 8.93. The molecule has 2 aliphatic rings. The SMILES string of the molecule is O=C1C(C2=C(c3cccc(Cl)c3)C(=O)c3ccccc3C2=O)=C(c2cccc(Cl)c2)C(=O)c2ccccc21. The van der Waals surface area contributed by atoms with Crippen molar-refractivity contribution in [1.29, 1.82) is 0 Å². The molecule has 0 saturated carbocycles. The summed E-state index contributed by atoms with van der Waals surface area (Å²) in [4.78, 5) is 56.3. The van der Waals surface area contributed by atoms with E-state index < -0.39 is 23.1 Å². The Morgan fingerprint density at radius 1 is 0.368 bits per heavy atom. The number of halogens is 2. The molecule has 0 fully saturated rings. The maximum Gasteiger partial charge on any atom is 0.195 e. The molecule has 6 rings (SSSR count). The smallest absolute Gasteiger partial charge is 0.195 e. The Bertz CT molecular complexity index is 1680. The molecule has 38 heavy (non-hydrogen) atoms. The third kappa shape index (κ3) is 3.69. The van der Waals surface area contributed by atoms with Gasteiger partial charge in [-0.3, -0.25) is 19.2 Å². The molecule has 0 heterocycles. The second kappa shape index (κ2) is 9.18. The molecule has 0 spiro atoms. The first-order chi connectivity index (χ1) is 18.4. The number of carbonyl (C=O) groups is 4. The van der Waals surface area contributed by atoms with Gasteiger partial charge in [0.1, 0.15) is 0 Å². The number of carbonyl (C=O) groups excluding carboxylic acids is 4. The number of ketones is 4. The highest BCUT2D eigenvalue weighted by atomic mass is 35.5. The van der Waals surface area contributed by atoms with Gasteiger partial charge in [-0.25, -0.2) is 0 Å². The number of allylic oxidation sites excluding steroid dienone is 4. The minimum absolute atomic E-state index is 0.0197. The zero-order valence-electron chi connectivity index (χ0n) is 19.6. The molecule has 0 amide bonds. The maximum absolute atomic E-state index is 14.2. The molecule has 0 unspecified atom stereocenters. The average molecular weight is 535 g/mol. The minimum Gasteiger partial charge on any atom is -0.289 e. The molecule has 0 saturated heterocycles. The third-order valence-electron chi connectivity index (χ3n) is 6.72. The molecular weight excluding hydrogens is 519 g/mol. The van der Waals surface area contributed by atoms with Crippen molar-refractivity contribution in [3.63, 3.8) is 0 Å². The van der Waals surface area contributed by atoms with E-state index >= 15 is 0 Å². The molecule has 2 aliphatic carbocycles. The van der Waals surface area contributed by atoms with E-state index in [-0.39, 0.29) is 44.5 Å². The summed E-state index contributed by atoms with van der Waals surface area (Å²) in [6.07, 6.45) is 0. The van der Waals surface area contributed by atoms with Crippen molar-refractivity contribution < 1.29 is 19.2 Å². The number of hydrogen-bond acceptors (Lipinski definition) is 4. The van der Waals surface area contributed by atoms with Gasteiger partial charge in [0.2, 0.25) is 0 Å². The van der Waals surface area contributed by atoms with Crippen LogP contribution in [0, 0.1) is 0 Å². The third-order valence-corrected chi connectivity index (χ3v) is 7.19. The fourth-order valence-corrected chi connectivity index (χ4v) is 5.45. The second-order valence-corrected chi connectivity index (χ2v) is 9.80. The summed E-state index contributed by atoms with van der Waals surface area (Å²) in [5.41, 5.74) is 1.29. The number of fused-ring (bicyclic) bond motifs is 2. The van der Waals surface area contributed by atoms with Gasteiger partial charge in [0.25, 0.3) is 0 Å². The quantitative estimate of drug-likeness (QED) is 0.275. The molecule has 0 aromatic heterocycles.